The minimum atomic E-state index is -3.41. The van der Waals surface area contributed by atoms with Crippen molar-refractivity contribution in [2.24, 2.45) is 4.99 Å². The van der Waals surface area contributed by atoms with E-state index in [2.05, 4.69) is 51.4 Å². The van der Waals surface area contributed by atoms with Crippen LogP contribution >= 0.6 is 0 Å². The molecule has 166 valence electrons. The Morgan fingerprint density at radius 1 is 1.03 bits per heavy atom. The summed E-state index contributed by atoms with van der Waals surface area (Å²) in [6, 6.07) is 17.9. The maximum absolute atomic E-state index is 12.3. The number of guanidine groups is 1. The highest BCUT2D eigenvalue weighted by Gasteiger charge is 2.28. The molecule has 1 aliphatic carbocycles. The third-order valence-corrected chi connectivity index (χ3v) is 7.08. The summed E-state index contributed by atoms with van der Waals surface area (Å²) in [7, 11) is -3.41. The van der Waals surface area contributed by atoms with E-state index in [4.69, 9.17) is 4.99 Å². The first kappa shape index (κ1) is 21.6. The molecule has 1 heterocycles. The lowest BCUT2D eigenvalue weighted by atomic mass is 10.2. The van der Waals surface area contributed by atoms with E-state index in [-0.39, 0.29) is 6.04 Å². The summed E-state index contributed by atoms with van der Waals surface area (Å²) in [6.07, 6.45) is 2.91. The fourth-order valence-corrected chi connectivity index (χ4v) is 5.00. The van der Waals surface area contributed by atoms with Crippen LogP contribution in [-0.4, -0.2) is 46.1 Å². The van der Waals surface area contributed by atoms with Crippen LogP contribution in [0.5, 0.6) is 0 Å². The third kappa shape index (κ3) is 5.98. The predicted octanol–water partition coefficient (Wildman–Crippen LogP) is 2.46. The fraction of sp³-hybridized carbons (Fsp3) is 0.435. The molecule has 4 rings (SSSR count). The van der Waals surface area contributed by atoms with Crippen LogP contribution in [-0.2, 0) is 16.6 Å². The van der Waals surface area contributed by atoms with Crippen LogP contribution in [0.1, 0.15) is 31.7 Å². The van der Waals surface area contributed by atoms with Crippen LogP contribution in [0.3, 0.4) is 0 Å². The van der Waals surface area contributed by atoms with Gasteiger partial charge in [-0.05, 0) is 56.0 Å². The lowest BCUT2D eigenvalue weighted by Gasteiger charge is -2.20. The lowest BCUT2D eigenvalue weighted by Crippen LogP contribution is -2.44. The summed E-state index contributed by atoms with van der Waals surface area (Å²) in [5, 5.41) is 6.86. The molecule has 2 aromatic carbocycles. The Bertz CT molecular complexity index is 988. The SMILES string of the molecule is CCNC(=NCc1ccc(S(=O)(=O)NC2CC2)cc1)NC1CCN(c2ccccc2)C1. The van der Waals surface area contributed by atoms with Crippen molar-refractivity contribution in [2.75, 3.05) is 24.5 Å². The number of anilines is 1. The van der Waals surface area contributed by atoms with Gasteiger partial charge in [-0.1, -0.05) is 30.3 Å². The first-order chi connectivity index (χ1) is 15.0. The van der Waals surface area contributed by atoms with E-state index in [9.17, 15) is 8.42 Å². The zero-order chi connectivity index (χ0) is 21.7. The monoisotopic (exact) mass is 441 g/mol. The van der Waals surface area contributed by atoms with E-state index in [1.165, 1.54) is 5.69 Å². The summed E-state index contributed by atoms with van der Waals surface area (Å²) < 4.78 is 27.3. The lowest BCUT2D eigenvalue weighted by molar-refractivity contribution is 0.581. The van der Waals surface area contributed by atoms with Crippen molar-refractivity contribution in [3.63, 3.8) is 0 Å². The number of para-hydroxylation sites is 1. The number of nitrogens with zero attached hydrogens (tertiary/aromatic N) is 2. The average Bonchev–Trinajstić information content (AvgIpc) is 3.46. The quantitative estimate of drug-likeness (QED) is 0.433. The topological polar surface area (TPSA) is 85.8 Å². The van der Waals surface area contributed by atoms with Crippen molar-refractivity contribution in [3.05, 3.63) is 60.2 Å². The Labute approximate surface area is 185 Å². The van der Waals surface area contributed by atoms with Crippen LogP contribution < -0.4 is 20.3 Å². The van der Waals surface area contributed by atoms with Gasteiger partial charge < -0.3 is 15.5 Å². The van der Waals surface area contributed by atoms with Crippen LogP contribution in [0.15, 0.2) is 64.5 Å². The van der Waals surface area contributed by atoms with Gasteiger partial charge >= 0.3 is 0 Å². The second kappa shape index (κ2) is 9.70. The zero-order valence-corrected chi connectivity index (χ0v) is 18.7. The van der Waals surface area contributed by atoms with E-state index < -0.39 is 10.0 Å². The van der Waals surface area contributed by atoms with Gasteiger partial charge in [-0.3, -0.25) is 0 Å². The molecule has 1 atom stereocenters. The van der Waals surface area contributed by atoms with Gasteiger partial charge in [0.05, 0.1) is 11.4 Å². The van der Waals surface area contributed by atoms with Crippen LogP contribution in [0.4, 0.5) is 5.69 Å². The number of rotatable bonds is 8. The molecule has 3 N–H and O–H groups in total. The molecular formula is C23H31N5O2S. The minimum Gasteiger partial charge on any atom is -0.369 e. The Morgan fingerprint density at radius 2 is 1.77 bits per heavy atom. The van der Waals surface area contributed by atoms with Crippen molar-refractivity contribution in [3.8, 4) is 0 Å². The molecule has 0 amide bonds. The van der Waals surface area contributed by atoms with E-state index in [0.717, 1.165) is 50.4 Å². The molecule has 1 aliphatic heterocycles. The molecule has 0 radical (unpaired) electrons. The molecule has 1 saturated carbocycles. The van der Waals surface area contributed by atoms with Gasteiger partial charge in [0, 0.05) is 37.4 Å². The van der Waals surface area contributed by atoms with Gasteiger partial charge in [-0.15, -0.1) is 0 Å². The molecule has 0 bridgehead atoms. The van der Waals surface area contributed by atoms with Crippen molar-refractivity contribution in [1.82, 2.24) is 15.4 Å². The summed E-state index contributed by atoms with van der Waals surface area (Å²) in [4.78, 5) is 7.40. The van der Waals surface area contributed by atoms with Gasteiger partial charge in [0.15, 0.2) is 5.96 Å². The Morgan fingerprint density at radius 3 is 2.45 bits per heavy atom. The number of benzene rings is 2. The number of hydrogen-bond donors (Lipinski definition) is 3. The summed E-state index contributed by atoms with van der Waals surface area (Å²) in [6.45, 7) is 5.28. The van der Waals surface area contributed by atoms with Crippen molar-refractivity contribution in [2.45, 2.75) is 49.7 Å². The van der Waals surface area contributed by atoms with Gasteiger partial charge in [0.25, 0.3) is 0 Å². The van der Waals surface area contributed by atoms with Crippen LogP contribution in [0, 0.1) is 0 Å². The number of nitrogens with one attached hydrogen (secondary N) is 3. The highest BCUT2D eigenvalue weighted by Crippen LogP contribution is 2.22. The molecule has 1 saturated heterocycles. The number of hydrogen-bond acceptors (Lipinski definition) is 4. The normalized spacial score (nSPS) is 19.5. The highest BCUT2D eigenvalue weighted by atomic mass is 32.2. The molecule has 2 aliphatic rings. The molecule has 8 heteroatoms. The summed E-state index contributed by atoms with van der Waals surface area (Å²) in [5.41, 5.74) is 2.22. The molecular weight excluding hydrogens is 410 g/mol. The summed E-state index contributed by atoms with van der Waals surface area (Å²) >= 11 is 0. The molecule has 2 fully saturated rings. The maximum Gasteiger partial charge on any atom is 0.240 e. The van der Waals surface area contributed by atoms with E-state index in [0.29, 0.717) is 17.5 Å². The Balaban J connectivity index is 1.34. The minimum absolute atomic E-state index is 0.108. The summed E-state index contributed by atoms with van der Waals surface area (Å²) in [5.74, 6) is 0.787. The first-order valence-corrected chi connectivity index (χ1v) is 12.5. The third-order valence-electron chi connectivity index (χ3n) is 5.55. The maximum atomic E-state index is 12.3. The fourth-order valence-electron chi connectivity index (χ4n) is 3.70. The average molecular weight is 442 g/mol. The molecule has 0 spiro atoms. The first-order valence-electron chi connectivity index (χ1n) is 11.0. The van der Waals surface area contributed by atoms with Crippen LogP contribution in [0.25, 0.3) is 0 Å². The Hall–Kier alpha value is -2.58. The number of aliphatic imine (C=N–C) groups is 1. The molecule has 1 unspecified atom stereocenters. The molecule has 7 nitrogen and oxygen atoms in total. The molecule has 31 heavy (non-hydrogen) atoms. The van der Waals surface area contributed by atoms with E-state index >= 15 is 0 Å². The number of sulfonamides is 1. The van der Waals surface area contributed by atoms with E-state index in [1.54, 1.807) is 12.1 Å². The van der Waals surface area contributed by atoms with Gasteiger partial charge in [-0.2, -0.15) is 0 Å². The van der Waals surface area contributed by atoms with Gasteiger partial charge in [-0.25, -0.2) is 18.1 Å². The highest BCUT2D eigenvalue weighted by molar-refractivity contribution is 7.89. The van der Waals surface area contributed by atoms with Crippen molar-refractivity contribution >= 4 is 21.7 Å². The second-order valence-electron chi connectivity index (χ2n) is 8.15. The standard InChI is InChI=1S/C23H31N5O2S/c1-2-24-23(26-20-14-15-28(17-20)21-6-4-3-5-7-21)25-16-18-8-12-22(13-9-18)31(29,30)27-19-10-11-19/h3-9,12-13,19-20,27H,2,10-11,14-17H2,1H3,(H2,24,25,26). The Kier molecular flexibility index (Phi) is 6.77. The second-order valence-corrected chi connectivity index (χ2v) is 9.86. The largest absolute Gasteiger partial charge is 0.369 e. The van der Waals surface area contributed by atoms with Crippen molar-refractivity contribution in [1.29, 1.82) is 0 Å². The predicted molar refractivity (Wildman–Crippen MR) is 125 cm³/mol. The smallest absolute Gasteiger partial charge is 0.240 e. The van der Waals surface area contributed by atoms with Crippen LogP contribution in [0.2, 0.25) is 0 Å². The van der Waals surface area contributed by atoms with E-state index in [1.807, 2.05) is 18.2 Å². The zero-order valence-electron chi connectivity index (χ0n) is 17.9. The van der Waals surface area contributed by atoms with Gasteiger partial charge in [0.1, 0.15) is 0 Å². The molecule has 0 aromatic heterocycles. The van der Waals surface area contributed by atoms with Gasteiger partial charge in [0.2, 0.25) is 10.0 Å². The van der Waals surface area contributed by atoms with Crippen molar-refractivity contribution < 1.29 is 8.42 Å². The molecule has 2 aromatic rings.